The van der Waals surface area contributed by atoms with Crippen molar-refractivity contribution in [3.63, 3.8) is 0 Å². The van der Waals surface area contributed by atoms with E-state index in [1.807, 2.05) is 0 Å². The standard InChI is InChI=1S/C23H44Cl2O2Si/c1-21(2)22(26)27-19-17-15-13-11-9-7-5-3-4-6-8-10-12-14-16-18-20-28-23(24)25/h23H,1,3-20,28H2,2H3. The highest BCUT2D eigenvalue weighted by Crippen LogP contribution is 2.14. The molecule has 0 aromatic heterocycles. The predicted octanol–water partition coefficient (Wildman–Crippen LogP) is 7.70. The van der Waals surface area contributed by atoms with Crippen molar-refractivity contribution in [2.45, 2.75) is 120 Å². The van der Waals surface area contributed by atoms with E-state index in [4.69, 9.17) is 27.9 Å². The summed E-state index contributed by atoms with van der Waals surface area (Å²) in [6.45, 7) is 5.81. The molecule has 0 fully saturated rings. The van der Waals surface area contributed by atoms with Crippen LogP contribution in [0.1, 0.15) is 110 Å². The van der Waals surface area contributed by atoms with Crippen LogP contribution in [0.2, 0.25) is 6.04 Å². The van der Waals surface area contributed by atoms with Crippen molar-refractivity contribution in [1.29, 1.82) is 0 Å². The van der Waals surface area contributed by atoms with Crippen molar-refractivity contribution in [2.75, 3.05) is 6.61 Å². The zero-order valence-electron chi connectivity index (χ0n) is 18.3. The van der Waals surface area contributed by atoms with Gasteiger partial charge in [0.1, 0.15) is 0 Å². The molecule has 0 aliphatic carbocycles. The number of rotatable bonds is 21. The molecule has 0 amide bonds. The van der Waals surface area contributed by atoms with E-state index in [-0.39, 0.29) is 19.9 Å². The minimum Gasteiger partial charge on any atom is -0.462 e. The average Bonchev–Trinajstić information content (AvgIpc) is 2.65. The number of carbonyl (C=O) groups is 1. The van der Waals surface area contributed by atoms with Crippen LogP contribution in [0.5, 0.6) is 0 Å². The summed E-state index contributed by atoms with van der Waals surface area (Å²) in [5.74, 6) is -0.259. The fraction of sp³-hybridized carbons (Fsp3) is 0.870. The highest BCUT2D eigenvalue weighted by atomic mass is 35.5. The van der Waals surface area contributed by atoms with Crippen molar-refractivity contribution in [1.82, 2.24) is 0 Å². The first-order valence-corrected chi connectivity index (χ1v) is 14.3. The molecule has 0 unspecified atom stereocenters. The Kier molecular flexibility index (Phi) is 21.7. The molecular weight excluding hydrogens is 407 g/mol. The normalized spacial score (nSPS) is 11.6. The molecule has 0 aromatic carbocycles. The molecule has 0 N–H and O–H groups in total. The Hall–Kier alpha value is 0.00688. The molecule has 0 atom stereocenters. The van der Waals surface area contributed by atoms with Gasteiger partial charge in [-0.1, -0.05) is 109 Å². The van der Waals surface area contributed by atoms with Gasteiger partial charge in [0.25, 0.3) is 0 Å². The molecule has 0 bridgehead atoms. The van der Waals surface area contributed by atoms with Gasteiger partial charge >= 0.3 is 5.97 Å². The summed E-state index contributed by atoms with van der Waals surface area (Å²) in [6, 6.07) is 1.31. The third-order valence-electron chi connectivity index (χ3n) is 5.15. The summed E-state index contributed by atoms with van der Waals surface area (Å²) in [5.41, 5.74) is 0.487. The molecular formula is C23H44Cl2O2Si. The van der Waals surface area contributed by atoms with Gasteiger partial charge in [0.2, 0.25) is 0 Å². The number of esters is 1. The molecule has 0 aliphatic heterocycles. The molecule has 0 spiro atoms. The monoisotopic (exact) mass is 450 g/mol. The second-order valence-corrected chi connectivity index (χ2v) is 12.5. The first-order valence-electron chi connectivity index (χ1n) is 11.6. The van der Waals surface area contributed by atoms with Crippen LogP contribution >= 0.6 is 23.2 Å². The van der Waals surface area contributed by atoms with Crippen molar-refractivity contribution in [3.05, 3.63) is 12.2 Å². The van der Waals surface area contributed by atoms with E-state index in [1.54, 1.807) is 6.92 Å². The average molecular weight is 452 g/mol. The van der Waals surface area contributed by atoms with Crippen LogP contribution in [0.15, 0.2) is 12.2 Å². The third kappa shape index (κ3) is 22.3. The second kappa shape index (κ2) is 21.7. The lowest BCUT2D eigenvalue weighted by atomic mass is 10.0. The number of hydrogen-bond acceptors (Lipinski definition) is 2. The van der Waals surface area contributed by atoms with Crippen LogP contribution in [-0.2, 0) is 9.53 Å². The smallest absolute Gasteiger partial charge is 0.333 e. The van der Waals surface area contributed by atoms with Gasteiger partial charge < -0.3 is 4.74 Å². The Balaban J connectivity index is 3.07. The van der Waals surface area contributed by atoms with Crippen LogP contribution in [0.3, 0.4) is 0 Å². The number of unbranched alkanes of at least 4 members (excludes halogenated alkanes) is 15. The Bertz CT molecular complexity index is 376. The van der Waals surface area contributed by atoms with Gasteiger partial charge in [-0.2, -0.15) is 0 Å². The van der Waals surface area contributed by atoms with Gasteiger partial charge in [-0.05, 0) is 13.3 Å². The van der Waals surface area contributed by atoms with Gasteiger partial charge in [0, 0.05) is 5.57 Å². The van der Waals surface area contributed by atoms with Crippen molar-refractivity contribution < 1.29 is 9.53 Å². The SMILES string of the molecule is C=C(C)C(=O)OCCCCCCCCCCCCCCCCCC[SiH2]C(Cl)Cl. The summed E-state index contributed by atoms with van der Waals surface area (Å²) < 4.78 is 5.06. The molecule has 166 valence electrons. The highest BCUT2D eigenvalue weighted by Gasteiger charge is 2.02. The number of hydrogen-bond donors (Lipinski definition) is 0. The molecule has 2 nitrogen and oxygen atoms in total. The maximum Gasteiger partial charge on any atom is 0.333 e. The summed E-state index contributed by atoms with van der Waals surface area (Å²) in [7, 11) is -0.214. The Morgan fingerprint density at radius 3 is 1.46 bits per heavy atom. The van der Waals surface area contributed by atoms with Gasteiger partial charge in [0.15, 0.2) is 0 Å². The number of ether oxygens (including phenoxy) is 1. The molecule has 0 rings (SSSR count). The molecule has 0 radical (unpaired) electrons. The molecule has 5 heteroatoms. The van der Waals surface area contributed by atoms with E-state index in [0.717, 1.165) is 12.8 Å². The van der Waals surface area contributed by atoms with E-state index in [0.29, 0.717) is 12.2 Å². The first-order chi connectivity index (χ1) is 13.5. The number of carbonyl (C=O) groups excluding carboxylic acids is 1. The summed E-state index contributed by atoms with van der Waals surface area (Å²) in [4.78, 5) is 11.2. The second-order valence-electron chi connectivity index (χ2n) is 8.11. The van der Waals surface area contributed by atoms with Crippen molar-refractivity contribution in [3.8, 4) is 0 Å². The Labute approximate surface area is 187 Å². The quantitative estimate of drug-likeness (QED) is 0.0588. The van der Waals surface area contributed by atoms with Crippen molar-refractivity contribution in [2.24, 2.45) is 0 Å². The zero-order valence-corrected chi connectivity index (χ0v) is 21.2. The van der Waals surface area contributed by atoms with E-state index < -0.39 is 0 Å². The lowest BCUT2D eigenvalue weighted by molar-refractivity contribution is -0.139. The molecule has 0 saturated carbocycles. The van der Waals surface area contributed by atoms with E-state index in [9.17, 15) is 4.79 Å². The minimum atomic E-state index is -0.259. The van der Waals surface area contributed by atoms with Gasteiger partial charge in [-0.15, -0.1) is 23.2 Å². The van der Waals surface area contributed by atoms with E-state index >= 15 is 0 Å². The summed E-state index contributed by atoms with van der Waals surface area (Å²) >= 11 is 11.6. The van der Waals surface area contributed by atoms with E-state index in [2.05, 4.69) is 6.58 Å². The Morgan fingerprint density at radius 1 is 0.750 bits per heavy atom. The molecule has 0 saturated heterocycles. The topological polar surface area (TPSA) is 26.3 Å². The maximum absolute atomic E-state index is 11.2. The molecule has 0 heterocycles. The Morgan fingerprint density at radius 2 is 1.11 bits per heavy atom. The first kappa shape index (κ1) is 28.0. The highest BCUT2D eigenvalue weighted by molar-refractivity contribution is 6.68. The summed E-state index contributed by atoms with van der Waals surface area (Å²) in [6.07, 6.45) is 21.4. The van der Waals surface area contributed by atoms with Gasteiger partial charge in [-0.25, -0.2) is 4.79 Å². The number of halogens is 2. The summed E-state index contributed by atoms with van der Waals surface area (Å²) in [5, 5.41) is 0. The predicted molar refractivity (Wildman–Crippen MR) is 128 cm³/mol. The lowest BCUT2D eigenvalue weighted by Gasteiger charge is -2.05. The molecule has 28 heavy (non-hydrogen) atoms. The fourth-order valence-electron chi connectivity index (χ4n) is 3.34. The molecule has 0 aromatic rings. The van der Waals surface area contributed by atoms with Gasteiger partial charge in [0.05, 0.1) is 20.6 Å². The zero-order chi connectivity index (χ0) is 20.9. The fourth-order valence-corrected chi connectivity index (χ4v) is 5.22. The lowest BCUT2D eigenvalue weighted by Crippen LogP contribution is -2.05. The largest absolute Gasteiger partial charge is 0.462 e. The number of alkyl halides is 2. The third-order valence-corrected chi connectivity index (χ3v) is 7.80. The van der Waals surface area contributed by atoms with Crippen LogP contribution in [0.4, 0.5) is 0 Å². The van der Waals surface area contributed by atoms with Crippen LogP contribution in [0, 0.1) is 0 Å². The molecule has 0 aliphatic rings. The van der Waals surface area contributed by atoms with Crippen molar-refractivity contribution >= 4 is 38.7 Å². The van der Waals surface area contributed by atoms with Crippen LogP contribution in [0.25, 0.3) is 0 Å². The van der Waals surface area contributed by atoms with Gasteiger partial charge in [-0.3, -0.25) is 0 Å². The maximum atomic E-state index is 11.2. The minimum absolute atomic E-state index is 0.0370. The van der Waals surface area contributed by atoms with Crippen LogP contribution in [-0.4, -0.2) is 26.6 Å². The van der Waals surface area contributed by atoms with Crippen LogP contribution < -0.4 is 0 Å². The van der Waals surface area contributed by atoms with E-state index in [1.165, 1.54) is 95.9 Å².